The third-order valence-corrected chi connectivity index (χ3v) is 2.72. The number of hydrogen-bond donors (Lipinski definition) is 2. The molecule has 0 aromatic heterocycles. The fraction of sp³-hybridized carbons (Fsp3) is 0.385. The number of carboxylic acids is 1. The van der Waals surface area contributed by atoms with Crippen LogP contribution in [0, 0.1) is 17.0 Å². The van der Waals surface area contributed by atoms with Crippen LogP contribution in [0.3, 0.4) is 0 Å². The number of nitro benzene ring substituents is 1. The number of aliphatic carboxylic acids is 1. The highest BCUT2D eigenvalue weighted by atomic mass is 16.6. The Labute approximate surface area is 115 Å². The Bertz CT molecular complexity index is 542. The average molecular weight is 280 g/mol. The van der Waals surface area contributed by atoms with E-state index in [0.29, 0.717) is 18.4 Å². The van der Waals surface area contributed by atoms with Crippen molar-refractivity contribution in [2.75, 3.05) is 0 Å². The van der Waals surface area contributed by atoms with Gasteiger partial charge >= 0.3 is 5.97 Å². The summed E-state index contributed by atoms with van der Waals surface area (Å²) >= 11 is 0. The Hall–Kier alpha value is -2.44. The van der Waals surface area contributed by atoms with Gasteiger partial charge in [-0.1, -0.05) is 13.3 Å². The molecule has 7 nitrogen and oxygen atoms in total. The second-order valence-electron chi connectivity index (χ2n) is 4.47. The van der Waals surface area contributed by atoms with Crippen LogP contribution in [0.1, 0.15) is 35.7 Å². The van der Waals surface area contributed by atoms with E-state index >= 15 is 0 Å². The Morgan fingerprint density at radius 2 is 2.05 bits per heavy atom. The van der Waals surface area contributed by atoms with Crippen LogP contribution in [0.4, 0.5) is 5.69 Å². The largest absolute Gasteiger partial charge is 0.480 e. The number of benzene rings is 1. The molecule has 1 amide bonds. The van der Waals surface area contributed by atoms with Gasteiger partial charge in [0.2, 0.25) is 0 Å². The zero-order valence-corrected chi connectivity index (χ0v) is 11.3. The van der Waals surface area contributed by atoms with Gasteiger partial charge < -0.3 is 10.4 Å². The lowest BCUT2D eigenvalue weighted by atomic mass is 10.1. The van der Waals surface area contributed by atoms with E-state index in [-0.39, 0.29) is 11.3 Å². The second kappa shape index (κ2) is 6.65. The van der Waals surface area contributed by atoms with Gasteiger partial charge in [-0.05, 0) is 25.0 Å². The number of nitro groups is 1. The maximum Gasteiger partial charge on any atom is 0.326 e. The maximum absolute atomic E-state index is 12.0. The lowest BCUT2D eigenvalue weighted by Gasteiger charge is -2.13. The number of carbonyl (C=O) groups is 2. The van der Waals surface area contributed by atoms with E-state index in [4.69, 9.17) is 5.11 Å². The van der Waals surface area contributed by atoms with Gasteiger partial charge in [0.05, 0.1) is 4.92 Å². The highest BCUT2D eigenvalue weighted by Crippen LogP contribution is 2.17. The molecular formula is C13H16N2O5. The van der Waals surface area contributed by atoms with E-state index in [2.05, 4.69) is 5.32 Å². The quantitative estimate of drug-likeness (QED) is 0.610. The van der Waals surface area contributed by atoms with E-state index in [9.17, 15) is 19.7 Å². The van der Waals surface area contributed by atoms with Crippen molar-refractivity contribution in [2.45, 2.75) is 32.7 Å². The molecule has 0 radical (unpaired) electrons. The summed E-state index contributed by atoms with van der Waals surface area (Å²) in [5, 5.41) is 22.1. The number of hydrogen-bond acceptors (Lipinski definition) is 4. The van der Waals surface area contributed by atoms with Crippen molar-refractivity contribution in [3.8, 4) is 0 Å². The first-order valence-corrected chi connectivity index (χ1v) is 6.15. The molecule has 0 aliphatic rings. The minimum absolute atomic E-state index is 0.0825. The number of nitrogens with zero attached hydrogens (tertiary/aromatic N) is 1. The van der Waals surface area contributed by atoms with Crippen molar-refractivity contribution in [3.05, 3.63) is 39.4 Å². The Morgan fingerprint density at radius 1 is 1.40 bits per heavy atom. The number of rotatable bonds is 6. The third-order valence-electron chi connectivity index (χ3n) is 2.72. The van der Waals surface area contributed by atoms with E-state index in [1.165, 1.54) is 12.1 Å². The lowest BCUT2D eigenvalue weighted by Crippen LogP contribution is -2.40. The summed E-state index contributed by atoms with van der Waals surface area (Å²) in [4.78, 5) is 33.1. The summed E-state index contributed by atoms with van der Waals surface area (Å²) in [6, 6.07) is 2.96. The zero-order valence-electron chi connectivity index (χ0n) is 11.3. The SMILES string of the molecule is CCC[C@@H](NC(=O)c1cc(C)cc([N+](=O)[O-])c1)C(=O)O. The van der Waals surface area contributed by atoms with Crippen LogP contribution in [0.5, 0.6) is 0 Å². The van der Waals surface area contributed by atoms with Gasteiger partial charge in [-0.2, -0.15) is 0 Å². The van der Waals surface area contributed by atoms with Crippen molar-refractivity contribution in [1.82, 2.24) is 5.32 Å². The summed E-state index contributed by atoms with van der Waals surface area (Å²) in [6.07, 6.45) is 0.903. The molecule has 20 heavy (non-hydrogen) atoms. The summed E-state index contributed by atoms with van der Waals surface area (Å²) in [6.45, 7) is 3.43. The van der Waals surface area contributed by atoms with Gasteiger partial charge in [0.15, 0.2) is 0 Å². The molecule has 1 aromatic carbocycles. The van der Waals surface area contributed by atoms with Crippen molar-refractivity contribution in [2.24, 2.45) is 0 Å². The summed E-state index contributed by atoms with van der Waals surface area (Å²) < 4.78 is 0. The lowest BCUT2D eigenvalue weighted by molar-refractivity contribution is -0.384. The summed E-state index contributed by atoms with van der Waals surface area (Å²) in [5.74, 6) is -1.75. The highest BCUT2D eigenvalue weighted by Gasteiger charge is 2.21. The van der Waals surface area contributed by atoms with Crippen molar-refractivity contribution >= 4 is 17.6 Å². The predicted molar refractivity (Wildman–Crippen MR) is 71.6 cm³/mol. The number of nitrogens with one attached hydrogen (secondary N) is 1. The van der Waals surface area contributed by atoms with E-state index in [1.54, 1.807) is 13.8 Å². The van der Waals surface area contributed by atoms with Gasteiger partial charge in [-0.3, -0.25) is 14.9 Å². The molecular weight excluding hydrogens is 264 g/mol. The minimum Gasteiger partial charge on any atom is -0.480 e. The normalized spacial score (nSPS) is 11.7. The van der Waals surface area contributed by atoms with Gasteiger partial charge in [-0.25, -0.2) is 4.79 Å². The molecule has 2 N–H and O–H groups in total. The fourth-order valence-electron chi connectivity index (χ4n) is 1.79. The summed E-state index contributed by atoms with van der Waals surface area (Å²) in [5.41, 5.74) is 0.447. The molecule has 0 unspecified atom stereocenters. The summed E-state index contributed by atoms with van der Waals surface area (Å²) in [7, 11) is 0. The molecule has 7 heteroatoms. The molecule has 0 saturated carbocycles. The van der Waals surface area contributed by atoms with Crippen LogP contribution in [0.25, 0.3) is 0 Å². The molecule has 1 aromatic rings. The molecule has 0 aliphatic heterocycles. The number of carboxylic acid groups (broad SMARTS) is 1. The van der Waals surface area contributed by atoms with Crippen LogP contribution in [0.2, 0.25) is 0 Å². The van der Waals surface area contributed by atoms with E-state index in [0.717, 1.165) is 6.07 Å². The zero-order chi connectivity index (χ0) is 15.3. The molecule has 0 fully saturated rings. The van der Waals surface area contributed by atoms with Gasteiger partial charge in [0.25, 0.3) is 11.6 Å². The topological polar surface area (TPSA) is 110 Å². The standard InChI is InChI=1S/C13H16N2O5/c1-3-4-11(13(17)18)14-12(16)9-5-8(2)6-10(7-9)15(19)20/h5-7,11H,3-4H2,1-2H3,(H,14,16)(H,17,18)/t11-/m1/s1. The van der Waals surface area contributed by atoms with Crippen molar-refractivity contribution in [1.29, 1.82) is 0 Å². The highest BCUT2D eigenvalue weighted by molar-refractivity contribution is 5.97. The fourth-order valence-corrected chi connectivity index (χ4v) is 1.79. The van der Waals surface area contributed by atoms with E-state index < -0.39 is 22.8 Å². The molecule has 0 spiro atoms. The van der Waals surface area contributed by atoms with Crippen LogP contribution >= 0.6 is 0 Å². The van der Waals surface area contributed by atoms with Crippen molar-refractivity contribution < 1.29 is 19.6 Å². The van der Waals surface area contributed by atoms with Gasteiger partial charge in [0, 0.05) is 17.7 Å². The molecule has 0 bridgehead atoms. The van der Waals surface area contributed by atoms with Crippen LogP contribution < -0.4 is 5.32 Å². The Morgan fingerprint density at radius 3 is 2.55 bits per heavy atom. The number of non-ortho nitro benzene ring substituents is 1. The van der Waals surface area contributed by atoms with Crippen LogP contribution in [0.15, 0.2) is 18.2 Å². The molecule has 1 rings (SSSR count). The third kappa shape index (κ3) is 4.04. The van der Waals surface area contributed by atoms with Crippen LogP contribution in [-0.4, -0.2) is 27.9 Å². The first-order valence-electron chi connectivity index (χ1n) is 6.15. The van der Waals surface area contributed by atoms with Crippen molar-refractivity contribution in [3.63, 3.8) is 0 Å². The second-order valence-corrected chi connectivity index (χ2v) is 4.47. The first-order chi connectivity index (χ1) is 9.35. The molecule has 0 saturated heterocycles. The maximum atomic E-state index is 12.0. The Balaban J connectivity index is 2.97. The molecule has 0 heterocycles. The van der Waals surface area contributed by atoms with E-state index in [1.807, 2.05) is 0 Å². The van der Waals surface area contributed by atoms with Crippen LogP contribution in [-0.2, 0) is 4.79 Å². The number of aryl methyl sites for hydroxylation is 1. The minimum atomic E-state index is -1.12. The van der Waals surface area contributed by atoms with Gasteiger partial charge in [0.1, 0.15) is 6.04 Å². The molecule has 108 valence electrons. The number of amides is 1. The first kappa shape index (κ1) is 15.6. The smallest absolute Gasteiger partial charge is 0.326 e. The number of carbonyl (C=O) groups excluding carboxylic acids is 1. The molecule has 1 atom stereocenters. The predicted octanol–water partition coefficient (Wildman–Crippen LogP) is 1.89. The Kier molecular flexibility index (Phi) is 5.19. The monoisotopic (exact) mass is 280 g/mol. The molecule has 0 aliphatic carbocycles. The van der Waals surface area contributed by atoms with Gasteiger partial charge in [-0.15, -0.1) is 0 Å². The average Bonchev–Trinajstić information content (AvgIpc) is 2.37.